The van der Waals surface area contributed by atoms with Crippen molar-refractivity contribution >= 4 is 0 Å². The zero-order valence-electron chi connectivity index (χ0n) is 10.3. The Labute approximate surface area is 93.2 Å². The van der Waals surface area contributed by atoms with Crippen molar-refractivity contribution in [2.24, 2.45) is 0 Å². The molecular formula is C12H25NO2. The number of rotatable bonds is 6. The van der Waals surface area contributed by atoms with Crippen LogP contribution in [0.1, 0.15) is 46.5 Å². The Hall–Kier alpha value is -0.120. The Kier molecular flexibility index (Phi) is 5.03. The molecule has 90 valence electrons. The molecule has 3 nitrogen and oxygen atoms in total. The van der Waals surface area contributed by atoms with Gasteiger partial charge in [-0.1, -0.05) is 6.92 Å². The predicted octanol–water partition coefficient (Wildman–Crippen LogP) is 1.69. The van der Waals surface area contributed by atoms with Gasteiger partial charge in [0.15, 0.2) is 0 Å². The quantitative estimate of drug-likeness (QED) is 0.663. The van der Waals surface area contributed by atoms with Crippen LogP contribution in [0, 0.1) is 0 Å². The van der Waals surface area contributed by atoms with Gasteiger partial charge in [-0.3, -0.25) is 0 Å². The largest absolute Gasteiger partial charge is 0.389 e. The molecule has 0 amide bonds. The zero-order chi connectivity index (χ0) is 11.3. The van der Waals surface area contributed by atoms with Crippen LogP contribution in [0.2, 0.25) is 0 Å². The van der Waals surface area contributed by atoms with Gasteiger partial charge in [-0.2, -0.15) is 0 Å². The van der Waals surface area contributed by atoms with E-state index in [0.29, 0.717) is 12.6 Å². The van der Waals surface area contributed by atoms with Crippen molar-refractivity contribution in [1.29, 1.82) is 0 Å². The van der Waals surface area contributed by atoms with E-state index in [0.717, 1.165) is 32.2 Å². The Morgan fingerprint density at radius 2 is 2.20 bits per heavy atom. The molecule has 0 radical (unpaired) electrons. The lowest BCUT2D eigenvalue weighted by Crippen LogP contribution is -2.40. The third-order valence-electron chi connectivity index (χ3n) is 2.92. The second-order valence-electron chi connectivity index (χ2n) is 5.02. The Bertz CT molecular complexity index is 182. The molecule has 0 aromatic heterocycles. The monoisotopic (exact) mass is 215 g/mol. The zero-order valence-corrected chi connectivity index (χ0v) is 10.3. The molecule has 1 fully saturated rings. The van der Waals surface area contributed by atoms with Crippen LogP contribution in [0.15, 0.2) is 0 Å². The number of hydrogen-bond acceptors (Lipinski definition) is 3. The number of ether oxygens (including phenoxy) is 1. The highest BCUT2D eigenvalue weighted by molar-refractivity contribution is 4.82. The van der Waals surface area contributed by atoms with Crippen molar-refractivity contribution in [3.63, 3.8) is 0 Å². The first kappa shape index (κ1) is 12.9. The number of hydrogen-bond donors (Lipinski definition) is 2. The van der Waals surface area contributed by atoms with E-state index in [1.807, 2.05) is 6.92 Å². The fraction of sp³-hybridized carbons (Fsp3) is 1.00. The molecule has 3 unspecified atom stereocenters. The van der Waals surface area contributed by atoms with Gasteiger partial charge in [-0.05, 0) is 39.7 Å². The van der Waals surface area contributed by atoms with Gasteiger partial charge in [0.05, 0.1) is 17.8 Å². The standard InChI is InChI=1S/C12H25NO2/c1-4-7-13-9-12(3,14)8-11-6-5-10(2)15-11/h10-11,13-14H,4-9H2,1-3H3. The van der Waals surface area contributed by atoms with E-state index < -0.39 is 5.60 Å². The molecule has 1 heterocycles. The van der Waals surface area contributed by atoms with Crippen LogP contribution in [-0.2, 0) is 4.74 Å². The first-order chi connectivity index (χ1) is 7.03. The van der Waals surface area contributed by atoms with Gasteiger partial charge in [-0.15, -0.1) is 0 Å². The fourth-order valence-electron chi connectivity index (χ4n) is 2.13. The molecule has 1 saturated heterocycles. The van der Waals surface area contributed by atoms with Crippen molar-refractivity contribution in [2.75, 3.05) is 13.1 Å². The first-order valence-corrected chi connectivity index (χ1v) is 6.12. The maximum Gasteiger partial charge on any atom is 0.0768 e. The summed E-state index contributed by atoms with van der Waals surface area (Å²) >= 11 is 0. The second kappa shape index (κ2) is 5.83. The lowest BCUT2D eigenvalue weighted by Gasteiger charge is -2.26. The first-order valence-electron chi connectivity index (χ1n) is 6.12. The average Bonchev–Trinajstić information content (AvgIpc) is 2.50. The number of aliphatic hydroxyl groups is 1. The molecule has 1 aliphatic heterocycles. The van der Waals surface area contributed by atoms with Crippen LogP contribution < -0.4 is 5.32 Å². The maximum absolute atomic E-state index is 10.1. The van der Waals surface area contributed by atoms with E-state index in [-0.39, 0.29) is 6.10 Å². The van der Waals surface area contributed by atoms with Crippen molar-refractivity contribution in [1.82, 2.24) is 5.32 Å². The van der Waals surface area contributed by atoms with Crippen LogP contribution >= 0.6 is 0 Å². The van der Waals surface area contributed by atoms with Gasteiger partial charge < -0.3 is 15.2 Å². The fourth-order valence-corrected chi connectivity index (χ4v) is 2.13. The highest BCUT2D eigenvalue weighted by atomic mass is 16.5. The van der Waals surface area contributed by atoms with Crippen LogP contribution in [-0.4, -0.2) is 36.0 Å². The Morgan fingerprint density at radius 3 is 2.73 bits per heavy atom. The molecule has 0 bridgehead atoms. The topological polar surface area (TPSA) is 41.5 Å². The number of nitrogens with one attached hydrogen (secondary N) is 1. The van der Waals surface area contributed by atoms with Crippen LogP contribution in [0.3, 0.4) is 0 Å². The second-order valence-corrected chi connectivity index (χ2v) is 5.02. The van der Waals surface area contributed by atoms with Gasteiger partial charge >= 0.3 is 0 Å². The SMILES string of the molecule is CCCNCC(C)(O)CC1CCC(C)O1. The summed E-state index contributed by atoms with van der Waals surface area (Å²) in [5, 5.41) is 13.4. The molecule has 3 atom stereocenters. The summed E-state index contributed by atoms with van der Waals surface area (Å²) in [4.78, 5) is 0. The lowest BCUT2D eigenvalue weighted by molar-refractivity contribution is -0.0228. The predicted molar refractivity (Wildman–Crippen MR) is 62.0 cm³/mol. The van der Waals surface area contributed by atoms with E-state index >= 15 is 0 Å². The molecule has 0 aromatic rings. The van der Waals surface area contributed by atoms with Gasteiger partial charge in [0, 0.05) is 13.0 Å². The van der Waals surface area contributed by atoms with Gasteiger partial charge in [0.25, 0.3) is 0 Å². The molecule has 0 aromatic carbocycles. The van der Waals surface area contributed by atoms with E-state index in [1.165, 1.54) is 0 Å². The summed E-state index contributed by atoms with van der Waals surface area (Å²) < 4.78 is 5.72. The molecule has 15 heavy (non-hydrogen) atoms. The van der Waals surface area contributed by atoms with E-state index in [9.17, 15) is 5.11 Å². The molecule has 0 saturated carbocycles. The summed E-state index contributed by atoms with van der Waals surface area (Å²) in [5.41, 5.74) is -0.635. The summed E-state index contributed by atoms with van der Waals surface area (Å²) in [7, 11) is 0. The third kappa shape index (κ3) is 4.96. The lowest BCUT2D eigenvalue weighted by atomic mass is 9.97. The smallest absolute Gasteiger partial charge is 0.0768 e. The molecule has 1 aliphatic rings. The van der Waals surface area contributed by atoms with Gasteiger partial charge in [-0.25, -0.2) is 0 Å². The molecule has 0 spiro atoms. The van der Waals surface area contributed by atoms with Crippen LogP contribution in [0.4, 0.5) is 0 Å². The molecule has 3 heteroatoms. The van der Waals surface area contributed by atoms with Crippen LogP contribution in [0.25, 0.3) is 0 Å². The van der Waals surface area contributed by atoms with E-state index in [2.05, 4.69) is 19.2 Å². The van der Waals surface area contributed by atoms with Gasteiger partial charge in [0.1, 0.15) is 0 Å². The van der Waals surface area contributed by atoms with Crippen molar-refractivity contribution < 1.29 is 9.84 Å². The molecular weight excluding hydrogens is 190 g/mol. The summed E-state index contributed by atoms with van der Waals surface area (Å²) in [5.74, 6) is 0. The third-order valence-corrected chi connectivity index (χ3v) is 2.92. The summed E-state index contributed by atoms with van der Waals surface area (Å²) in [6.45, 7) is 7.75. The van der Waals surface area contributed by atoms with E-state index in [1.54, 1.807) is 0 Å². The Balaban J connectivity index is 2.22. The van der Waals surface area contributed by atoms with Crippen molar-refractivity contribution in [3.05, 3.63) is 0 Å². The minimum absolute atomic E-state index is 0.249. The van der Waals surface area contributed by atoms with Crippen LogP contribution in [0.5, 0.6) is 0 Å². The highest BCUT2D eigenvalue weighted by Gasteiger charge is 2.30. The highest BCUT2D eigenvalue weighted by Crippen LogP contribution is 2.25. The maximum atomic E-state index is 10.1. The molecule has 2 N–H and O–H groups in total. The van der Waals surface area contributed by atoms with Crippen molar-refractivity contribution in [3.8, 4) is 0 Å². The van der Waals surface area contributed by atoms with Crippen molar-refractivity contribution in [2.45, 2.75) is 64.3 Å². The average molecular weight is 215 g/mol. The minimum Gasteiger partial charge on any atom is -0.389 e. The minimum atomic E-state index is -0.635. The molecule has 1 rings (SSSR count). The molecule has 0 aliphatic carbocycles. The van der Waals surface area contributed by atoms with Gasteiger partial charge in [0.2, 0.25) is 0 Å². The Morgan fingerprint density at radius 1 is 1.47 bits per heavy atom. The summed E-state index contributed by atoms with van der Waals surface area (Å²) in [6, 6.07) is 0. The summed E-state index contributed by atoms with van der Waals surface area (Å²) in [6.07, 6.45) is 4.68. The normalized spacial score (nSPS) is 30.4. The van der Waals surface area contributed by atoms with E-state index in [4.69, 9.17) is 4.74 Å².